The van der Waals surface area contributed by atoms with Crippen molar-refractivity contribution in [1.82, 2.24) is 15.5 Å². The Morgan fingerprint density at radius 3 is 2.46 bits per heavy atom. The van der Waals surface area contributed by atoms with Crippen molar-refractivity contribution in [1.29, 1.82) is 0 Å². The first-order valence-electron chi connectivity index (χ1n) is 9.99. The Kier molecular flexibility index (Phi) is 10.6. The van der Waals surface area contributed by atoms with Gasteiger partial charge in [-0.25, -0.2) is 4.79 Å². The van der Waals surface area contributed by atoms with Crippen LogP contribution in [0.4, 0.5) is 10.5 Å². The highest BCUT2D eigenvalue weighted by molar-refractivity contribution is 14.0. The maximum atomic E-state index is 11.7. The minimum Gasteiger partial charge on any atom is -0.352 e. The molecule has 2 amide bonds. The number of rotatable bonds is 6. The lowest BCUT2D eigenvalue weighted by molar-refractivity contribution is 0.250. The van der Waals surface area contributed by atoms with Gasteiger partial charge in [-0.15, -0.1) is 24.0 Å². The molecule has 1 heterocycles. The largest absolute Gasteiger partial charge is 0.352 e. The van der Waals surface area contributed by atoms with E-state index in [1.54, 1.807) is 0 Å². The number of hydrogen-bond donors (Lipinski definition) is 3. The predicted molar refractivity (Wildman–Crippen MR) is 128 cm³/mol. The third-order valence-electron chi connectivity index (χ3n) is 4.68. The van der Waals surface area contributed by atoms with Crippen LogP contribution in [0.25, 0.3) is 0 Å². The maximum absolute atomic E-state index is 11.7. The number of benzene rings is 1. The summed E-state index contributed by atoms with van der Waals surface area (Å²) in [5.74, 6) is 2.49. The van der Waals surface area contributed by atoms with Crippen LogP contribution in [-0.2, 0) is 6.54 Å². The summed E-state index contributed by atoms with van der Waals surface area (Å²) in [5, 5.41) is 9.12. The van der Waals surface area contributed by atoms with E-state index in [1.165, 1.54) is 12.8 Å². The number of amides is 2. The fourth-order valence-corrected chi connectivity index (χ4v) is 3.53. The SMILES string of the molecule is CN=C(NCc1ccc(NC(=O)NC(C)C)cc1)N1CCC(CC(C)C)C1.I. The zero-order chi connectivity index (χ0) is 19.8. The first-order chi connectivity index (χ1) is 12.9. The van der Waals surface area contributed by atoms with Crippen LogP contribution in [0.1, 0.15) is 46.1 Å². The van der Waals surface area contributed by atoms with Crippen molar-refractivity contribution in [3.8, 4) is 0 Å². The Labute approximate surface area is 187 Å². The van der Waals surface area contributed by atoms with E-state index in [2.05, 4.69) is 39.7 Å². The Balaban J connectivity index is 0.00000392. The molecular formula is C21H36IN5O. The normalized spacial score (nSPS) is 16.9. The lowest BCUT2D eigenvalue weighted by Crippen LogP contribution is -2.39. The smallest absolute Gasteiger partial charge is 0.319 e. The van der Waals surface area contributed by atoms with Gasteiger partial charge in [-0.2, -0.15) is 0 Å². The Bertz CT molecular complexity index is 630. The fourth-order valence-electron chi connectivity index (χ4n) is 3.53. The van der Waals surface area contributed by atoms with Crippen LogP contribution in [0.15, 0.2) is 29.3 Å². The minimum atomic E-state index is -0.179. The Morgan fingerprint density at radius 1 is 1.21 bits per heavy atom. The summed E-state index contributed by atoms with van der Waals surface area (Å²) in [7, 11) is 1.85. The van der Waals surface area contributed by atoms with Crippen molar-refractivity contribution in [2.24, 2.45) is 16.8 Å². The zero-order valence-electron chi connectivity index (χ0n) is 17.8. The number of anilines is 1. The first-order valence-corrected chi connectivity index (χ1v) is 9.99. The van der Waals surface area contributed by atoms with Gasteiger partial charge in [0.25, 0.3) is 0 Å². The molecule has 0 aromatic heterocycles. The quantitative estimate of drug-likeness (QED) is 0.310. The van der Waals surface area contributed by atoms with Gasteiger partial charge in [-0.1, -0.05) is 26.0 Å². The summed E-state index contributed by atoms with van der Waals surface area (Å²) >= 11 is 0. The number of nitrogens with one attached hydrogen (secondary N) is 3. The summed E-state index contributed by atoms with van der Waals surface area (Å²) < 4.78 is 0. The number of aliphatic imine (C=N–C) groups is 1. The zero-order valence-corrected chi connectivity index (χ0v) is 20.1. The molecule has 1 aliphatic rings. The monoisotopic (exact) mass is 501 g/mol. The van der Waals surface area contributed by atoms with Gasteiger partial charge in [-0.3, -0.25) is 4.99 Å². The molecule has 1 unspecified atom stereocenters. The second-order valence-electron chi connectivity index (χ2n) is 8.08. The molecule has 6 nitrogen and oxygen atoms in total. The van der Waals surface area contributed by atoms with Crippen molar-refractivity contribution >= 4 is 41.7 Å². The molecule has 158 valence electrons. The van der Waals surface area contributed by atoms with Crippen molar-refractivity contribution in [3.05, 3.63) is 29.8 Å². The molecule has 7 heteroatoms. The third-order valence-corrected chi connectivity index (χ3v) is 4.68. The van der Waals surface area contributed by atoms with Gasteiger partial charge in [0, 0.05) is 38.4 Å². The summed E-state index contributed by atoms with van der Waals surface area (Å²) in [6, 6.07) is 7.84. The molecule has 0 aliphatic carbocycles. The van der Waals surface area contributed by atoms with Crippen LogP contribution in [0.5, 0.6) is 0 Å². The number of halogens is 1. The van der Waals surface area contributed by atoms with Crippen molar-refractivity contribution in [3.63, 3.8) is 0 Å². The lowest BCUT2D eigenvalue weighted by Gasteiger charge is -2.22. The van der Waals surface area contributed by atoms with Crippen LogP contribution >= 0.6 is 24.0 Å². The number of urea groups is 1. The van der Waals surface area contributed by atoms with E-state index < -0.39 is 0 Å². The number of carbonyl (C=O) groups is 1. The van der Waals surface area contributed by atoms with Gasteiger partial charge in [0.15, 0.2) is 5.96 Å². The van der Waals surface area contributed by atoms with E-state index in [9.17, 15) is 4.79 Å². The van der Waals surface area contributed by atoms with E-state index in [1.807, 2.05) is 45.2 Å². The molecule has 0 spiro atoms. The third kappa shape index (κ3) is 8.24. The summed E-state index contributed by atoms with van der Waals surface area (Å²) in [6.07, 6.45) is 2.53. The molecule has 1 fully saturated rings. The highest BCUT2D eigenvalue weighted by Crippen LogP contribution is 2.23. The molecule has 1 aliphatic heterocycles. The van der Waals surface area contributed by atoms with Gasteiger partial charge < -0.3 is 20.9 Å². The molecule has 28 heavy (non-hydrogen) atoms. The van der Waals surface area contributed by atoms with Crippen LogP contribution in [0.2, 0.25) is 0 Å². The highest BCUT2D eigenvalue weighted by Gasteiger charge is 2.25. The van der Waals surface area contributed by atoms with E-state index in [-0.39, 0.29) is 36.0 Å². The number of likely N-dealkylation sites (tertiary alicyclic amines) is 1. The Hall–Kier alpha value is -1.51. The van der Waals surface area contributed by atoms with Gasteiger partial charge in [0.05, 0.1) is 0 Å². The molecule has 2 rings (SSSR count). The number of nitrogens with zero attached hydrogens (tertiary/aromatic N) is 2. The van der Waals surface area contributed by atoms with E-state index >= 15 is 0 Å². The summed E-state index contributed by atoms with van der Waals surface area (Å²) in [6.45, 7) is 11.3. The van der Waals surface area contributed by atoms with Crippen LogP contribution in [0.3, 0.4) is 0 Å². The molecule has 0 bridgehead atoms. The fraction of sp³-hybridized carbons (Fsp3) is 0.619. The molecule has 0 radical (unpaired) electrons. The van der Waals surface area contributed by atoms with E-state index in [0.717, 1.165) is 48.7 Å². The molecule has 0 saturated carbocycles. The average Bonchev–Trinajstić information content (AvgIpc) is 3.03. The predicted octanol–water partition coefficient (Wildman–Crippen LogP) is 4.28. The topological polar surface area (TPSA) is 68.8 Å². The molecule has 1 aromatic rings. The molecule has 3 N–H and O–H groups in total. The standard InChI is InChI=1S/C21H35N5O.HI/c1-15(2)12-18-10-11-26(14-18)20(22-5)23-13-17-6-8-19(9-7-17)25-21(27)24-16(3)4;/h6-9,15-16,18H,10-14H2,1-5H3,(H,22,23)(H2,24,25,27);1H. The lowest BCUT2D eigenvalue weighted by atomic mass is 9.97. The second-order valence-corrected chi connectivity index (χ2v) is 8.08. The van der Waals surface area contributed by atoms with Crippen LogP contribution in [-0.4, -0.2) is 43.1 Å². The first kappa shape index (κ1) is 24.5. The van der Waals surface area contributed by atoms with Gasteiger partial charge in [-0.05, 0) is 56.2 Å². The molecule has 1 atom stereocenters. The summed E-state index contributed by atoms with van der Waals surface area (Å²) in [4.78, 5) is 18.6. The molecular weight excluding hydrogens is 465 g/mol. The van der Waals surface area contributed by atoms with Crippen LogP contribution in [0, 0.1) is 11.8 Å². The van der Waals surface area contributed by atoms with E-state index in [0.29, 0.717) is 0 Å². The number of guanidine groups is 1. The van der Waals surface area contributed by atoms with Crippen LogP contribution < -0.4 is 16.0 Å². The number of carbonyl (C=O) groups excluding carboxylic acids is 1. The second kappa shape index (κ2) is 12.1. The summed E-state index contributed by atoms with van der Waals surface area (Å²) in [5.41, 5.74) is 1.95. The van der Waals surface area contributed by atoms with Crippen molar-refractivity contribution in [2.45, 2.75) is 53.1 Å². The maximum Gasteiger partial charge on any atom is 0.319 e. The average molecular weight is 501 g/mol. The molecule has 1 saturated heterocycles. The van der Waals surface area contributed by atoms with Gasteiger partial charge in [0.2, 0.25) is 0 Å². The number of hydrogen-bond acceptors (Lipinski definition) is 2. The minimum absolute atomic E-state index is 0. The van der Waals surface area contributed by atoms with Crippen molar-refractivity contribution in [2.75, 3.05) is 25.5 Å². The highest BCUT2D eigenvalue weighted by atomic mass is 127. The van der Waals surface area contributed by atoms with Gasteiger partial charge in [0.1, 0.15) is 0 Å². The Morgan fingerprint density at radius 2 is 1.89 bits per heavy atom. The molecule has 1 aromatic carbocycles. The van der Waals surface area contributed by atoms with Gasteiger partial charge >= 0.3 is 6.03 Å². The van der Waals surface area contributed by atoms with E-state index in [4.69, 9.17) is 0 Å². The van der Waals surface area contributed by atoms with Crippen molar-refractivity contribution < 1.29 is 4.79 Å².